The van der Waals surface area contributed by atoms with Gasteiger partial charge in [0.25, 0.3) is 0 Å². The maximum Gasteiger partial charge on any atom is 0.309 e. The number of hydrogen-bond acceptors (Lipinski definition) is 3. The molecule has 3 heteroatoms. The van der Waals surface area contributed by atoms with Gasteiger partial charge in [0.1, 0.15) is 0 Å². The number of unbranched alkanes of at least 4 members (excludes halogenated alkanes) is 1. The Kier molecular flexibility index (Phi) is 6.56. The molecule has 17 heavy (non-hydrogen) atoms. The lowest BCUT2D eigenvalue weighted by Crippen LogP contribution is -2.36. The van der Waals surface area contributed by atoms with E-state index < -0.39 is 0 Å². The molecule has 0 saturated heterocycles. The molecule has 1 fully saturated rings. The fourth-order valence-electron chi connectivity index (χ4n) is 2.79. The van der Waals surface area contributed by atoms with Gasteiger partial charge in [-0.05, 0) is 32.1 Å². The first-order valence-electron chi connectivity index (χ1n) is 7.05. The van der Waals surface area contributed by atoms with Crippen molar-refractivity contribution < 1.29 is 14.6 Å². The summed E-state index contributed by atoms with van der Waals surface area (Å²) in [6.45, 7) is 4.40. The molecule has 0 aromatic rings. The van der Waals surface area contributed by atoms with Gasteiger partial charge in [0, 0.05) is 0 Å². The van der Waals surface area contributed by atoms with Gasteiger partial charge < -0.3 is 9.84 Å². The maximum atomic E-state index is 12.0. The lowest BCUT2D eigenvalue weighted by Gasteiger charge is -2.33. The van der Waals surface area contributed by atoms with Crippen molar-refractivity contribution in [2.45, 2.75) is 64.9 Å². The second kappa shape index (κ2) is 7.70. The van der Waals surface area contributed by atoms with Crippen LogP contribution in [-0.4, -0.2) is 23.8 Å². The van der Waals surface area contributed by atoms with E-state index >= 15 is 0 Å². The van der Waals surface area contributed by atoms with Crippen LogP contribution in [0.4, 0.5) is 0 Å². The van der Waals surface area contributed by atoms with E-state index in [1.165, 1.54) is 0 Å². The summed E-state index contributed by atoms with van der Waals surface area (Å²) >= 11 is 0. The molecule has 1 aliphatic rings. The Bertz CT molecular complexity index is 228. The zero-order valence-electron chi connectivity index (χ0n) is 11.2. The van der Waals surface area contributed by atoms with Gasteiger partial charge in [-0.1, -0.05) is 32.6 Å². The van der Waals surface area contributed by atoms with Crippen molar-refractivity contribution in [3.63, 3.8) is 0 Å². The van der Waals surface area contributed by atoms with E-state index in [1.807, 2.05) is 6.92 Å². The first-order valence-corrected chi connectivity index (χ1v) is 7.05. The summed E-state index contributed by atoms with van der Waals surface area (Å²) in [4.78, 5) is 12.0. The average molecular weight is 242 g/mol. The summed E-state index contributed by atoms with van der Waals surface area (Å²) in [6.07, 6.45) is 6.68. The third-order valence-electron chi connectivity index (χ3n) is 3.76. The van der Waals surface area contributed by atoms with Crippen LogP contribution in [0.2, 0.25) is 0 Å². The third-order valence-corrected chi connectivity index (χ3v) is 3.76. The number of carbonyl (C=O) groups excluding carboxylic acids is 1. The second-order valence-corrected chi connectivity index (χ2v) is 5.02. The summed E-state index contributed by atoms with van der Waals surface area (Å²) in [5.74, 6) is -0.0774. The minimum absolute atomic E-state index is 0.0924. The van der Waals surface area contributed by atoms with E-state index in [1.54, 1.807) is 0 Å². The molecule has 0 bridgehead atoms. The molecule has 100 valence electrons. The smallest absolute Gasteiger partial charge is 0.309 e. The Morgan fingerprint density at radius 3 is 2.65 bits per heavy atom. The highest BCUT2D eigenvalue weighted by atomic mass is 16.5. The third kappa shape index (κ3) is 4.30. The molecule has 3 atom stereocenters. The number of rotatable bonds is 6. The van der Waals surface area contributed by atoms with Crippen molar-refractivity contribution in [2.75, 3.05) is 6.61 Å². The highest BCUT2D eigenvalue weighted by Gasteiger charge is 2.35. The normalized spacial score (nSPS) is 26.5. The Hall–Kier alpha value is -0.570. The Balaban J connectivity index is 2.62. The van der Waals surface area contributed by atoms with Crippen molar-refractivity contribution in [1.29, 1.82) is 0 Å². The van der Waals surface area contributed by atoms with E-state index in [2.05, 4.69) is 6.92 Å². The summed E-state index contributed by atoms with van der Waals surface area (Å²) in [6, 6.07) is 0. The minimum Gasteiger partial charge on any atom is -0.466 e. The topological polar surface area (TPSA) is 46.5 Å². The number of carbonyl (C=O) groups is 1. The molecule has 1 saturated carbocycles. The zero-order chi connectivity index (χ0) is 12.7. The molecule has 1 aliphatic carbocycles. The van der Waals surface area contributed by atoms with Crippen molar-refractivity contribution in [2.24, 2.45) is 11.8 Å². The van der Waals surface area contributed by atoms with Gasteiger partial charge in [-0.2, -0.15) is 0 Å². The highest BCUT2D eigenvalue weighted by Crippen LogP contribution is 2.33. The van der Waals surface area contributed by atoms with Gasteiger partial charge >= 0.3 is 5.97 Å². The van der Waals surface area contributed by atoms with Crippen LogP contribution >= 0.6 is 0 Å². The van der Waals surface area contributed by atoms with Crippen LogP contribution in [0, 0.1) is 11.8 Å². The molecule has 0 aliphatic heterocycles. The number of esters is 1. The summed E-state index contributed by atoms with van der Waals surface area (Å²) in [5, 5.41) is 10.0. The highest BCUT2D eigenvalue weighted by molar-refractivity contribution is 5.72. The van der Waals surface area contributed by atoms with Crippen molar-refractivity contribution in [1.82, 2.24) is 0 Å². The molecule has 0 heterocycles. The predicted octanol–water partition coefficient (Wildman–Crippen LogP) is 2.91. The van der Waals surface area contributed by atoms with E-state index in [0.29, 0.717) is 6.61 Å². The first kappa shape index (κ1) is 14.5. The molecule has 1 rings (SSSR count). The molecule has 0 aromatic carbocycles. The maximum absolute atomic E-state index is 12.0. The lowest BCUT2D eigenvalue weighted by atomic mass is 9.76. The van der Waals surface area contributed by atoms with Crippen LogP contribution < -0.4 is 0 Å². The SMILES string of the molecule is CCCCC(C(=O)OCC)C1CCCCC1O. The molecular formula is C14H26O3. The first-order chi connectivity index (χ1) is 8.20. The number of hydrogen-bond donors (Lipinski definition) is 1. The summed E-state index contributed by atoms with van der Waals surface area (Å²) < 4.78 is 5.15. The monoisotopic (exact) mass is 242 g/mol. The Morgan fingerprint density at radius 1 is 1.35 bits per heavy atom. The van der Waals surface area contributed by atoms with Crippen LogP contribution in [0.1, 0.15) is 58.8 Å². The average Bonchev–Trinajstić information content (AvgIpc) is 2.32. The molecule has 3 unspecified atom stereocenters. The minimum atomic E-state index is -0.310. The van der Waals surface area contributed by atoms with Crippen molar-refractivity contribution in [3.8, 4) is 0 Å². The van der Waals surface area contributed by atoms with E-state index in [4.69, 9.17) is 4.74 Å². The quantitative estimate of drug-likeness (QED) is 0.728. The molecule has 0 radical (unpaired) electrons. The fraction of sp³-hybridized carbons (Fsp3) is 0.929. The zero-order valence-corrected chi connectivity index (χ0v) is 11.2. The Morgan fingerprint density at radius 2 is 2.06 bits per heavy atom. The number of aliphatic hydroxyl groups is 1. The van der Waals surface area contributed by atoms with Crippen LogP contribution in [-0.2, 0) is 9.53 Å². The van der Waals surface area contributed by atoms with Crippen molar-refractivity contribution >= 4 is 5.97 Å². The van der Waals surface area contributed by atoms with Crippen LogP contribution in [0.15, 0.2) is 0 Å². The fourth-order valence-corrected chi connectivity index (χ4v) is 2.79. The van der Waals surface area contributed by atoms with Gasteiger partial charge in [-0.15, -0.1) is 0 Å². The number of aliphatic hydroxyl groups excluding tert-OH is 1. The summed E-state index contributed by atoms with van der Waals surface area (Å²) in [7, 11) is 0. The van der Waals surface area contributed by atoms with Gasteiger partial charge in [0.2, 0.25) is 0 Å². The molecule has 0 amide bonds. The van der Waals surface area contributed by atoms with Gasteiger partial charge in [-0.3, -0.25) is 4.79 Å². The van der Waals surface area contributed by atoms with E-state index in [-0.39, 0.29) is 23.9 Å². The molecular weight excluding hydrogens is 216 g/mol. The predicted molar refractivity (Wildman–Crippen MR) is 67.6 cm³/mol. The standard InChI is InChI=1S/C14H26O3/c1-3-5-8-12(14(16)17-4-2)11-9-6-7-10-13(11)15/h11-13,15H,3-10H2,1-2H3. The summed E-state index contributed by atoms with van der Waals surface area (Å²) in [5.41, 5.74) is 0. The van der Waals surface area contributed by atoms with E-state index in [0.717, 1.165) is 44.9 Å². The van der Waals surface area contributed by atoms with Gasteiger partial charge in [0.05, 0.1) is 18.6 Å². The van der Waals surface area contributed by atoms with E-state index in [9.17, 15) is 9.90 Å². The van der Waals surface area contributed by atoms with Crippen LogP contribution in [0.25, 0.3) is 0 Å². The Labute approximate surface area is 105 Å². The number of ether oxygens (including phenoxy) is 1. The molecule has 3 nitrogen and oxygen atoms in total. The van der Waals surface area contributed by atoms with Crippen LogP contribution in [0.5, 0.6) is 0 Å². The second-order valence-electron chi connectivity index (χ2n) is 5.02. The molecule has 0 aromatic heterocycles. The largest absolute Gasteiger partial charge is 0.466 e. The van der Waals surface area contributed by atoms with Crippen molar-refractivity contribution in [3.05, 3.63) is 0 Å². The molecule has 1 N–H and O–H groups in total. The lowest BCUT2D eigenvalue weighted by molar-refractivity contribution is -0.153. The molecule has 0 spiro atoms. The van der Waals surface area contributed by atoms with Gasteiger partial charge in [0.15, 0.2) is 0 Å². The van der Waals surface area contributed by atoms with Gasteiger partial charge in [-0.25, -0.2) is 0 Å². The van der Waals surface area contributed by atoms with Crippen LogP contribution in [0.3, 0.4) is 0 Å².